The van der Waals surface area contributed by atoms with Crippen LogP contribution in [0.1, 0.15) is 16.8 Å². The molecule has 0 heterocycles. The summed E-state index contributed by atoms with van der Waals surface area (Å²) in [6.45, 7) is 1.08. The van der Waals surface area contributed by atoms with Crippen molar-refractivity contribution in [2.45, 2.75) is 11.3 Å². The van der Waals surface area contributed by atoms with E-state index in [-0.39, 0.29) is 24.0 Å². The fourth-order valence-corrected chi connectivity index (χ4v) is 2.90. The Morgan fingerprint density at radius 3 is 2.26 bits per heavy atom. The van der Waals surface area contributed by atoms with Crippen molar-refractivity contribution in [1.82, 2.24) is 9.21 Å². The average molecular weight is 344 g/mol. The molecule has 0 bridgehead atoms. The van der Waals surface area contributed by atoms with Crippen LogP contribution in [-0.4, -0.2) is 76.1 Å². The Balaban J connectivity index is 2.90. The van der Waals surface area contributed by atoms with Gasteiger partial charge in [0.1, 0.15) is 0 Å². The lowest BCUT2D eigenvalue weighted by molar-refractivity contribution is 0.0701. The Morgan fingerprint density at radius 1 is 1.17 bits per heavy atom. The Labute approximate surface area is 137 Å². The normalized spacial score (nSPS) is 11.7. The summed E-state index contributed by atoms with van der Waals surface area (Å²) in [5.41, 5.74) is 0.383. The third-order valence-electron chi connectivity index (χ3n) is 3.31. The first-order valence-corrected chi connectivity index (χ1v) is 8.70. The van der Waals surface area contributed by atoms with Crippen LogP contribution in [0.25, 0.3) is 0 Å². The second kappa shape index (κ2) is 8.97. The van der Waals surface area contributed by atoms with Gasteiger partial charge in [0, 0.05) is 46.5 Å². The van der Waals surface area contributed by atoms with Gasteiger partial charge in [-0.15, -0.1) is 0 Å². The Kier molecular flexibility index (Phi) is 7.63. The third-order valence-corrected chi connectivity index (χ3v) is 5.14. The SMILES string of the molecule is COCCCN(CCO)C(=O)c1ccc(S(=O)(=O)N(C)C)cc1. The number of rotatable bonds is 9. The number of hydrogen-bond donors (Lipinski definition) is 1. The quantitative estimate of drug-likeness (QED) is 0.656. The first kappa shape index (κ1) is 19.6. The fraction of sp³-hybridized carbons (Fsp3) is 0.533. The molecular formula is C15H24N2O5S. The third kappa shape index (κ3) is 5.28. The second-order valence-corrected chi connectivity index (χ2v) is 7.33. The molecule has 1 N–H and O–H groups in total. The van der Waals surface area contributed by atoms with Crippen LogP contribution in [0.3, 0.4) is 0 Å². The molecule has 0 radical (unpaired) electrons. The predicted octanol–water partition coefficient (Wildman–Crippen LogP) is 0.408. The highest BCUT2D eigenvalue weighted by Crippen LogP contribution is 2.15. The molecule has 1 aromatic rings. The number of ether oxygens (including phenoxy) is 1. The van der Waals surface area contributed by atoms with Crippen LogP contribution in [0.15, 0.2) is 29.2 Å². The standard InChI is InChI=1S/C15H24N2O5S/c1-16(2)23(20,21)14-7-5-13(6-8-14)15(19)17(10-11-18)9-4-12-22-3/h5-8,18H,4,9-12H2,1-3H3. The maximum absolute atomic E-state index is 12.4. The molecule has 1 aromatic carbocycles. The molecule has 8 heteroatoms. The van der Waals surface area contributed by atoms with E-state index in [9.17, 15) is 13.2 Å². The maximum Gasteiger partial charge on any atom is 0.253 e. The first-order valence-electron chi connectivity index (χ1n) is 7.26. The van der Waals surface area contributed by atoms with Crippen LogP contribution in [-0.2, 0) is 14.8 Å². The smallest absolute Gasteiger partial charge is 0.253 e. The van der Waals surface area contributed by atoms with Gasteiger partial charge in [-0.3, -0.25) is 4.79 Å². The van der Waals surface area contributed by atoms with Crippen molar-refractivity contribution in [3.8, 4) is 0 Å². The first-order chi connectivity index (χ1) is 10.8. The monoisotopic (exact) mass is 344 g/mol. The molecule has 1 amide bonds. The highest BCUT2D eigenvalue weighted by atomic mass is 32.2. The zero-order chi connectivity index (χ0) is 17.5. The molecule has 130 valence electrons. The van der Waals surface area contributed by atoms with Crippen molar-refractivity contribution < 1.29 is 23.1 Å². The van der Waals surface area contributed by atoms with E-state index >= 15 is 0 Å². The van der Waals surface area contributed by atoms with Crippen molar-refractivity contribution >= 4 is 15.9 Å². The van der Waals surface area contributed by atoms with E-state index in [0.717, 1.165) is 4.31 Å². The van der Waals surface area contributed by atoms with Gasteiger partial charge in [0.15, 0.2) is 0 Å². The molecule has 0 aliphatic rings. The zero-order valence-corrected chi connectivity index (χ0v) is 14.5. The van der Waals surface area contributed by atoms with Gasteiger partial charge >= 0.3 is 0 Å². The average Bonchev–Trinajstić information content (AvgIpc) is 2.53. The van der Waals surface area contributed by atoms with Crippen LogP contribution in [0, 0.1) is 0 Å². The van der Waals surface area contributed by atoms with E-state index in [0.29, 0.717) is 25.1 Å². The minimum atomic E-state index is -3.52. The fourth-order valence-electron chi connectivity index (χ4n) is 2.00. The van der Waals surface area contributed by atoms with Crippen molar-refractivity contribution in [2.75, 3.05) is 47.5 Å². The summed E-state index contributed by atoms with van der Waals surface area (Å²) >= 11 is 0. The summed E-state index contributed by atoms with van der Waals surface area (Å²) in [6, 6.07) is 5.79. The summed E-state index contributed by atoms with van der Waals surface area (Å²) in [5, 5.41) is 9.09. The Hall–Kier alpha value is -1.48. The van der Waals surface area contributed by atoms with Gasteiger partial charge in [-0.05, 0) is 30.7 Å². The van der Waals surface area contributed by atoms with Gasteiger partial charge in [0.25, 0.3) is 5.91 Å². The van der Waals surface area contributed by atoms with Crippen molar-refractivity contribution in [1.29, 1.82) is 0 Å². The molecular weight excluding hydrogens is 320 g/mol. The number of carbonyl (C=O) groups excluding carboxylic acids is 1. The van der Waals surface area contributed by atoms with Gasteiger partial charge in [-0.1, -0.05) is 0 Å². The number of amides is 1. The lowest BCUT2D eigenvalue weighted by Gasteiger charge is -2.22. The lowest BCUT2D eigenvalue weighted by Crippen LogP contribution is -2.35. The Bertz CT molecular complexity index is 599. The molecule has 0 atom stereocenters. The zero-order valence-electron chi connectivity index (χ0n) is 13.7. The Morgan fingerprint density at radius 2 is 1.78 bits per heavy atom. The van der Waals surface area contributed by atoms with Crippen LogP contribution in [0.4, 0.5) is 0 Å². The number of benzene rings is 1. The molecule has 7 nitrogen and oxygen atoms in total. The van der Waals surface area contributed by atoms with Gasteiger partial charge in [0.2, 0.25) is 10.0 Å². The van der Waals surface area contributed by atoms with Crippen LogP contribution < -0.4 is 0 Å². The van der Waals surface area contributed by atoms with Gasteiger partial charge in [-0.25, -0.2) is 12.7 Å². The van der Waals surface area contributed by atoms with Gasteiger partial charge in [-0.2, -0.15) is 0 Å². The molecule has 23 heavy (non-hydrogen) atoms. The molecule has 0 aliphatic heterocycles. The highest BCUT2D eigenvalue weighted by Gasteiger charge is 2.19. The summed E-state index contributed by atoms with van der Waals surface area (Å²) in [4.78, 5) is 14.1. The van der Waals surface area contributed by atoms with E-state index in [1.165, 1.54) is 43.3 Å². The van der Waals surface area contributed by atoms with E-state index < -0.39 is 10.0 Å². The van der Waals surface area contributed by atoms with Crippen molar-refractivity contribution in [3.63, 3.8) is 0 Å². The number of aliphatic hydroxyl groups is 1. The second-order valence-electron chi connectivity index (χ2n) is 5.17. The van der Waals surface area contributed by atoms with Crippen molar-refractivity contribution in [2.24, 2.45) is 0 Å². The summed E-state index contributed by atoms with van der Waals surface area (Å²) in [5.74, 6) is -0.246. The van der Waals surface area contributed by atoms with Gasteiger partial charge < -0.3 is 14.7 Å². The minimum absolute atomic E-state index is 0.132. The summed E-state index contributed by atoms with van der Waals surface area (Å²) < 4.78 is 30.1. The van der Waals surface area contributed by atoms with Crippen LogP contribution >= 0.6 is 0 Å². The number of carbonyl (C=O) groups is 1. The molecule has 0 saturated heterocycles. The number of aliphatic hydroxyl groups excluding tert-OH is 1. The molecule has 0 spiro atoms. The predicted molar refractivity (Wildman–Crippen MR) is 86.8 cm³/mol. The summed E-state index contributed by atoms with van der Waals surface area (Å²) in [7, 11) is 0.973. The van der Waals surface area contributed by atoms with Crippen molar-refractivity contribution in [3.05, 3.63) is 29.8 Å². The number of methoxy groups -OCH3 is 1. The molecule has 0 aliphatic carbocycles. The van der Waals surface area contributed by atoms with Gasteiger partial charge in [0.05, 0.1) is 11.5 Å². The maximum atomic E-state index is 12.4. The number of nitrogens with zero attached hydrogens (tertiary/aromatic N) is 2. The number of sulfonamides is 1. The molecule has 0 unspecified atom stereocenters. The molecule has 1 rings (SSSR count). The van der Waals surface area contributed by atoms with Crippen LogP contribution in [0.2, 0.25) is 0 Å². The topological polar surface area (TPSA) is 87.1 Å². The van der Waals surface area contributed by atoms with E-state index in [1.54, 1.807) is 7.11 Å². The molecule has 0 saturated carbocycles. The van der Waals surface area contributed by atoms with E-state index in [2.05, 4.69) is 0 Å². The lowest BCUT2D eigenvalue weighted by atomic mass is 10.2. The number of hydrogen-bond acceptors (Lipinski definition) is 5. The van der Waals surface area contributed by atoms with E-state index in [4.69, 9.17) is 9.84 Å². The minimum Gasteiger partial charge on any atom is -0.395 e. The molecule has 0 aromatic heterocycles. The highest BCUT2D eigenvalue weighted by molar-refractivity contribution is 7.89. The largest absolute Gasteiger partial charge is 0.395 e. The van der Waals surface area contributed by atoms with Crippen LogP contribution in [0.5, 0.6) is 0 Å². The summed E-state index contributed by atoms with van der Waals surface area (Å²) in [6.07, 6.45) is 0.662. The van der Waals surface area contributed by atoms with E-state index in [1.807, 2.05) is 0 Å². The molecule has 0 fully saturated rings.